The number of benzene rings is 1. The zero-order chi connectivity index (χ0) is 31.5. The molecule has 3 N–H and O–H groups in total. The van der Waals surface area contributed by atoms with Gasteiger partial charge in [-0.25, -0.2) is 4.79 Å². The van der Waals surface area contributed by atoms with Crippen LogP contribution in [0.1, 0.15) is 96.3 Å². The average Bonchev–Trinajstić information content (AvgIpc) is 2.98. The summed E-state index contributed by atoms with van der Waals surface area (Å²) < 4.78 is 12.6. The number of amides is 4. The highest BCUT2D eigenvalue weighted by atomic mass is 16.5. The topological polar surface area (TPSA) is 120 Å². The molecule has 1 heterocycles. The van der Waals surface area contributed by atoms with Crippen LogP contribution in [0.25, 0.3) is 0 Å². The van der Waals surface area contributed by atoms with Crippen molar-refractivity contribution in [2.24, 2.45) is 11.8 Å². The number of carbonyl (C=O) groups is 3. The lowest BCUT2D eigenvalue weighted by atomic mass is 9.88. The number of nitrogens with one attached hydrogen (secondary N) is 2. The Bertz CT molecular complexity index is 1060. The van der Waals surface area contributed by atoms with Crippen LogP contribution in [0.5, 0.6) is 5.75 Å². The van der Waals surface area contributed by atoms with Gasteiger partial charge < -0.3 is 35.0 Å². The van der Waals surface area contributed by atoms with E-state index in [2.05, 4.69) is 10.6 Å². The van der Waals surface area contributed by atoms with Gasteiger partial charge in [-0.15, -0.1) is 0 Å². The molecule has 3 rings (SSSR count). The van der Waals surface area contributed by atoms with E-state index in [-0.39, 0.29) is 54.5 Å². The van der Waals surface area contributed by atoms with Crippen molar-refractivity contribution >= 4 is 23.5 Å². The molecule has 1 aliphatic carbocycles. The van der Waals surface area contributed by atoms with Gasteiger partial charge in [0, 0.05) is 50.3 Å². The number of rotatable bonds is 7. The van der Waals surface area contributed by atoms with Crippen LogP contribution in [-0.2, 0) is 9.53 Å². The zero-order valence-electron chi connectivity index (χ0n) is 27.1. The number of hydrogen-bond acceptors (Lipinski definition) is 6. The lowest BCUT2D eigenvalue weighted by molar-refractivity contribution is -0.120. The molecule has 1 aliphatic heterocycles. The summed E-state index contributed by atoms with van der Waals surface area (Å²) in [7, 11) is 1.75. The molecule has 10 nitrogen and oxygen atoms in total. The monoisotopic (exact) mass is 602 g/mol. The highest BCUT2D eigenvalue weighted by Crippen LogP contribution is 2.30. The number of fused-ring (bicyclic) bond motifs is 1. The van der Waals surface area contributed by atoms with Gasteiger partial charge in [-0.3, -0.25) is 9.59 Å². The minimum Gasteiger partial charge on any atom is -0.490 e. The second kappa shape index (κ2) is 16.9. The van der Waals surface area contributed by atoms with Crippen LogP contribution in [0.2, 0.25) is 0 Å². The minimum atomic E-state index is -0.476. The van der Waals surface area contributed by atoms with Crippen LogP contribution in [-0.4, -0.2) is 90.4 Å². The smallest absolute Gasteiger partial charge is 0.317 e. The van der Waals surface area contributed by atoms with E-state index in [0.717, 1.165) is 51.4 Å². The molecule has 242 valence electrons. The van der Waals surface area contributed by atoms with E-state index in [4.69, 9.17) is 9.47 Å². The summed E-state index contributed by atoms with van der Waals surface area (Å²) in [6, 6.07) is 4.63. The molecule has 0 spiro atoms. The third kappa shape index (κ3) is 10.4. The maximum atomic E-state index is 14.3. The Morgan fingerprint density at radius 2 is 1.77 bits per heavy atom. The molecule has 0 bridgehead atoms. The number of aliphatic hydroxyl groups is 1. The van der Waals surface area contributed by atoms with Crippen LogP contribution in [0.3, 0.4) is 0 Å². The van der Waals surface area contributed by atoms with Gasteiger partial charge in [-0.05, 0) is 78.0 Å². The fourth-order valence-electron chi connectivity index (χ4n) is 5.78. The molecule has 4 amide bonds. The summed E-state index contributed by atoms with van der Waals surface area (Å²) in [5.41, 5.74) is 0.910. The first-order valence-corrected chi connectivity index (χ1v) is 16.2. The van der Waals surface area contributed by atoms with Crippen molar-refractivity contribution in [3.05, 3.63) is 23.8 Å². The van der Waals surface area contributed by atoms with E-state index in [1.54, 1.807) is 35.0 Å². The standard InChI is InChI=1S/C33H54N4O6/c1-22(2)34-33(41)36(6)20-30-23(3)19-37(24(4)21-38)32(40)28-18-27(35-31(39)26-13-8-7-9-14-26)15-16-29(28)43-25(5)12-10-11-17-42-30/h15-16,18,22-26,30,38H,7-14,17,19-21H2,1-6H3,(H,34,41)(H,35,39)/t23-,24+,25+,30+/m0/s1. The van der Waals surface area contributed by atoms with Crippen LogP contribution in [0.15, 0.2) is 18.2 Å². The van der Waals surface area contributed by atoms with Gasteiger partial charge in [-0.2, -0.15) is 0 Å². The zero-order valence-corrected chi connectivity index (χ0v) is 27.1. The maximum Gasteiger partial charge on any atom is 0.317 e. The summed E-state index contributed by atoms with van der Waals surface area (Å²) in [4.78, 5) is 43.2. The first-order chi connectivity index (χ1) is 20.5. The number of ether oxygens (including phenoxy) is 2. The van der Waals surface area contributed by atoms with Crippen molar-refractivity contribution in [2.75, 3.05) is 38.7 Å². The number of likely N-dealkylation sites (N-methyl/N-ethyl adjacent to an activating group) is 1. The van der Waals surface area contributed by atoms with Gasteiger partial charge in [-0.1, -0.05) is 26.2 Å². The Hall–Kier alpha value is -2.85. The van der Waals surface area contributed by atoms with Gasteiger partial charge >= 0.3 is 6.03 Å². The van der Waals surface area contributed by atoms with E-state index in [1.807, 2.05) is 34.6 Å². The minimum absolute atomic E-state index is 0.0115. The highest BCUT2D eigenvalue weighted by molar-refractivity contribution is 6.00. The van der Waals surface area contributed by atoms with Crippen molar-refractivity contribution in [1.29, 1.82) is 0 Å². The van der Waals surface area contributed by atoms with Gasteiger partial charge in [0.05, 0.1) is 30.4 Å². The second-order valence-electron chi connectivity index (χ2n) is 12.8. The lowest BCUT2D eigenvalue weighted by Gasteiger charge is -2.36. The predicted molar refractivity (Wildman–Crippen MR) is 168 cm³/mol. The van der Waals surface area contributed by atoms with E-state index >= 15 is 0 Å². The fourth-order valence-corrected chi connectivity index (χ4v) is 5.78. The Morgan fingerprint density at radius 3 is 2.44 bits per heavy atom. The van der Waals surface area contributed by atoms with Crippen LogP contribution < -0.4 is 15.4 Å². The van der Waals surface area contributed by atoms with Crippen LogP contribution in [0.4, 0.5) is 10.5 Å². The fraction of sp³-hybridized carbons (Fsp3) is 0.727. The number of carbonyl (C=O) groups excluding carboxylic acids is 3. The molecular formula is C33H54N4O6. The molecule has 1 aromatic rings. The SMILES string of the molecule is CC(C)NC(=O)N(C)C[C@H]1OCCCC[C@@H](C)Oc2ccc(NC(=O)C3CCCCC3)cc2C(=O)N([C@H](C)CO)C[C@@H]1C. The van der Waals surface area contributed by atoms with Crippen LogP contribution >= 0.6 is 0 Å². The van der Waals surface area contributed by atoms with Crippen molar-refractivity contribution in [2.45, 2.75) is 110 Å². The summed E-state index contributed by atoms with van der Waals surface area (Å²) in [5.74, 6) is 0.00518. The molecule has 1 aromatic carbocycles. The summed E-state index contributed by atoms with van der Waals surface area (Å²) in [6.45, 7) is 10.6. The van der Waals surface area contributed by atoms with Crippen molar-refractivity contribution < 1.29 is 29.0 Å². The lowest BCUT2D eigenvalue weighted by Crippen LogP contribution is -2.49. The van der Waals surface area contributed by atoms with Gasteiger partial charge in [0.1, 0.15) is 5.75 Å². The molecule has 4 atom stereocenters. The van der Waals surface area contributed by atoms with Gasteiger partial charge in [0.25, 0.3) is 5.91 Å². The molecule has 10 heteroatoms. The molecule has 2 aliphatic rings. The average molecular weight is 603 g/mol. The molecule has 1 saturated carbocycles. The van der Waals surface area contributed by atoms with E-state index in [1.165, 1.54) is 0 Å². The second-order valence-corrected chi connectivity index (χ2v) is 12.8. The Kier molecular flexibility index (Phi) is 13.6. The summed E-state index contributed by atoms with van der Waals surface area (Å²) >= 11 is 0. The molecule has 0 unspecified atom stereocenters. The Balaban J connectivity index is 1.91. The molecule has 0 saturated heterocycles. The quantitative estimate of drug-likeness (QED) is 0.402. The first kappa shape index (κ1) is 34.6. The predicted octanol–water partition coefficient (Wildman–Crippen LogP) is 5.05. The summed E-state index contributed by atoms with van der Waals surface area (Å²) in [5, 5.41) is 16.1. The van der Waals surface area contributed by atoms with Crippen LogP contribution in [0, 0.1) is 11.8 Å². The maximum absolute atomic E-state index is 14.3. The first-order valence-electron chi connectivity index (χ1n) is 16.2. The van der Waals surface area contributed by atoms with E-state index in [0.29, 0.717) is 36.7 Å². The van der Waals surface area contributed by atoms with Crippen molar-refractivity contribution in [3.8, 4) is 5.75 Å². The number of nitrogens with zero attached hydrogens (tertiary/aromatic N) is 2. The number of anilines is 1. The molecule has 0 radical (unpaired) electrons. The normalized spacial score (nSPS) is 23.5. The number of aliphatic hydroxyl groups excluding tert-OH is 1. The van der Waals surface area contributed by atoms with Gasteiger partial charge in [0.15, 0.2) is 0 Å². The van der Waals surface area contributed by atoms with Gasteiger partial charge in [0.2, 0.25) is 5.91 Å². The van der Waals surface area contributed by atoms with Crippen molar-refractivity contribution in [3.63, 3.8) is 0 Å². The van der Waals surface area contributed by atoms with E-state index < -0.39 is 6.04 Å². The Labute approximate surface area is 257 Å². The largest absolute Gasteiger partial charge is 0.490 e. The molecule has 0 aromatic heterocycles. The third-order valence-electron chi connectivity index (χ3n) is 8.51. The molecule has 1 fully saturated rings. The highest BCUT2D eigenvalue weighted by Gasteiger charge is 2.31. The number of urea groups is 1. The molecule has 43 heavy (non-hydrogen) atoms. The Morgan fingerprint density at radius 1 is 1.07 bits per heavy atom. The summed E-state index contributed by atoms with van der Waals surface area (Å²) in [6.07, 6.45) is 7.10. The molecular weight excluding hydrogens is 548 g/mol. The van der Waals surface area contributed by atoms with Crippen molar-refractivity contribution in [1.82, 2.24) is 15.1 Å². The van der Waals surface area contributed by atoms with E-state index in [9.17, 15) is 19.5 Å². The number of hydrogen-bond donors (Lipinski definition) is 3. The third-order valence-corrected chi connectivity index (χ3v) is 8.51.